The molecule has 0 spiro atoms. The first-order valence-corrected chi connectivity index (χ1v) is 31.7. The number of ether oxygens (including phenoxy) is 13. The van der Waals surface area contributed by atoms with Crippen LogP contribution in [0.3, 0.4) is 0 Å². The molecule has 84 heavy (non-hydrogen) atoms. The van der Waals surface area contributed by atoms with Crippen LogP contribution in [0.1, 0.15) is 118 Å². The van der Waals surface area contributed by atoms with Gasteiger partial charge in [-0.25, -0.2) is 0 Å². The van der Waals surface area contributed by atoms with Crippen molar-refractivity contribution in [3.05, 3.63) is 23.8 Å². The van der Waals surface area contributed by atoms with E-state index in [1.54, 1.807) is 0 Å². The van der Waals surface area contributed by atoms with Gasteiger partial charge in [-0.15, -0.1) is 0 Å². The van der Waals surface area contributed by atoms with Crippen LogP contribution in [0.15, 0.2) is 23.8 Å². The van der Waals surface area contributed by atoms with E-state index in [9.17, 15) is 24.0 Å². The van der Waals surface area contributed by atoms with E-state index >= 15 is 0 Å². The summed E-state index contributed by atoms with van der Waals surface area (Å²) in [5, 5.41) is 5.39. The zero-order chi connectivity index (χ0) is 60.1. The van der Waals surface area contributed by atoms with Crippen LogP contribution in [0, 0.1) is 46.3 Å². The summed E-state index contributed by atoms with van der Waals surface area (Å²) in [6.45, 7) is 22.8. The van der Waals surface area contributed by atoms with E-state index in [2.05, 4.69) is 51.3 Å². The number of rotatable bonds is 50. The van der Waals surface area contributed by atoms with Crippen LogP contribution in [-0.2, 0) is 85.6 Å². The maximum absolute atomic E-state index is 12.8. The van der Waals surface area contributed by atoms with E-state index in [-0.39, 0.29) is 61.8 Å². The Morgan fingerprint density at radius 2 is 1.01 bits per heavy atom. The Bertz CT molecular complexity index is 1920. The summed E-state index contributed by atoms with van der Waals surface area (Å²) in [4.78, 5) is 61.2. The van der Waals surface area contributed by atoms with Crippen molar-refractivity contribution in [3.8, 4) is 0 Å². The predicted molar refractivity (Wildman–Crippen MR) is 314 cm³/mol. The molecule has 1 aliphatic heterocycles. The van der Waals surface area contributed by atoms with Crippen LogP contribution in [0.25, 0.3) is 0 Å². The van der Waals surface area contributed by atoms with Crippen molar-refractivity contribution in [1.82, 2.24) is 15.5 Å². The number of fused-ring (bicyclic) bond motifs is 5. The fourth-order valence-corrected chi connectivity index (χ4v) is 13.1. The van der Waals surface area contributed by atoms with Crippen LogP contribution < -0.4 is 10.6 Å². The number of allylic oxidation sites excluding steroid dienone is 1. The van der Waals surface area contributed by atoms with Crippen molar-refractivity contribution < 1.29 is 85.6 Å². The van der Waals surface area contributed by atoms with Crippen LogP contribution in [-0.4, -0.2) is 219 Å². The van der Waals surface area contributed by atoms with E-state index < -0.39 is 11.8 Å². The molecule has 3 fully saturated rings. The summed E-state index contributed by atoms with van der Waals surface area (Å²) >= 11 is 0. The normalized spacial score (nSPS) is 24.0. The number of hydrogen-bond donors (Lipinski definition) is 2. The molecule has 0 aromatic rings. The first-order chi connectivity index (χ1) is 40.8. The molecule has 4 aliphatic carbocycles. The van der Waals surface area contributed by atoms with Crippen LogP contribution in [0.5, 0.6) is 0 Å². The van der Waals surface area contributed by atoms with E-state index in [1.807, 2.05) is 0 Å². The highest BCUT2D eigenvalue weighted by atomic mass is 16.6. The van der Waals surface area contributed by atoms with Crippen LogP contribution in [0.2, 0.25) is 0 Å². The second-order valence-electron chi connectivity index (χ2n) is 23.8. The second-order valence-corrected chi connectivity index (χ2v) is 23.8. The van der Waals surface area contributed by atoms with Crippen molar-refractivity contribution >= 4 is 29.6 Å². The highest BCUT2D eigenvalue weighted by molar-refractivity contribution is 6.13. The third kappa shape index (κ3) is 26.5. The molecule has 21 heteroatoms. The minimum atomic E-state index is -0.401. The number of imide groups is 1. The Labute approximate surface area is 501 Å². The lowest BCUT2D eigenvalue weighted by atomic mass is 9.47. The van der Waals surface area contributed by atoms with E-state index in [4.69, 9.17) is 61.6 Å². The largest absolute Gasteiger partial charge is 0.461 e. The molecule has 4 unspecified atom stereocenters. The first kappa shape index (κ1) is 71.3. The maximum atomic E-state index is 12.8. The average Bonchev–Trinajstić information content (AvgIpc) is 1.44. The summed E-state index contributed by atoms with van der Waals surface area (Å²) in [6.07, 6.45) is 18.5. The molecule has 21 nitrogen and oxygen atoms in total. The highest BCUT2D eigenvalue weighted by Gasteiger charge is 2.59. The Balaban J connectivity index is 0.687. The molecule has 1 heterocycles. The Morgan fingerprint density at radius 3 is 1.50 bits per heavy atom. The minimum absolute atomic E-state index is 0.0452. The molecular weight excluding hydrogens is 1090 g/mol. The number of amides is 4. The fraction of sp³-hybridized carbons (Fsp3) is 0.857. The highest BCUT2D eigenvalue weighted by Crippen LogP contribution is 2.67. The van der Waals surface area contributed by atoms with Gasteiger partial charge in [-0.1, -0.05) is 65.5 Å². The topological polar surface area (TPSA) is 233 Å². The molecule has 8 atom stereocenters. The number of hydrogen-bond acceptors (Lipinski definition) is 18. The lowest BCUT2D eigenvalue weighted by Gasteiger charge is -2.58. The van der Waals surface area contributed by atoms with Gasteiger partial charge in [0.1, 0.15) is 12.6 Å². The molecule has 3 saturated carbocycles. The quantitative estimate of drug-likeness (QED) is 0.0304. The number of esters is 1. The Morgan fingerprint density at radius 1 is 0.548 bits per heavy atom. The number of nitrogens with zero attached hydrogens (tertiary/aromatic N) is 1. The second kappa shape index (κ2) is 41.7. The smallest absolute Gasteiger partial charge is 0.325 e. The SMILES string of the molecule is CC(C)CCC[C@@H](C)[C@H]1CCC2C3CC=C4CC(OC(=O)CNC(=O)CCOCCOCCOCCOCCOCCOCCOCCOCCOCCOCCOCCOCCNC(=O)CCN5C(=O)C=CC5=O)CC[C@]4(C)C3CC[C@@]21C. The summed E-state index contributed by atoms with van der Waals surface area (Å²) in [5.74, 6) is 3.12. The Hall–Kier alpha value is -3.45. The molecule has 5 rings (SSSR count). The van der Waals surface area contributed by atoms with Gasteiger partial charge in [0.2, 0.25) is 11.8 Å². The van der Waals surface area contributed by atoms with Gasteiger partial charge < -0.3 is 72.2 Å². The van der Waals surface area contributed by atoms with Gasteiger partial charge in [-0.05, 0) is 91.3 Å². The van der Waals surface area contributed by atoms with Gasteiger partial charge in [0.25, 0.3) is 11.8 Å². The zero-order valence-corrected chi connectivity index (χ0v) is 51.9. The van der Waals surface area contributed by atoms with Gasteiger partial charge in [-0.3, -0.25) is 28.9 Å². The van der Waals surface area contributed by atoms with Crippen molar-refractivity contribution in [2.75, 3.05) is 178 Å². The number of carbonyl (C=O) groups excluding carboxylic acids is 5. The average molecular weight is 1190 g/mol. The van der Waals surface area contributed by atoms with Crippen LogP contribution >= 0.6 is 0 Å². The molecule has 0 bridgehead atoms. The number of nitrogens with one attached hydrogen (secondary N) is 2. The molecule has 0 aromatic carbocycles. The van der Waals surface area contributed by atoms with E-state index in [0.717, 1.165) is 59.7 Å². The van der Waals surface area contributed by atoms with Gasteiger partial charge in [0.15, 0.2) is 0 Å². The molecule has 5 aliphatic rings. The van der Waals surface area contributed by atoms with E-state index in [1.165, 1.54) is 69.1 Å². The van der Waals surface area contributed by atoms with Gasteiger partial charge in [-0.2, -0.15) is 0 Å². The molecular formula is C63H107N3O18. The van der Waals surface area contributed by atoms with Gasteiger partial charge >= 0.3 is 5.97 Å². The standard InChI is InChI=1S/C63H107N3O18/c1-49(2)7-6-8-50(3)54-11-12-55-53-10-9-51-47-52(15-19-62(51,4)56(53)16-20-63(54,55)5)84-61(71)48-65-58(68)18-23-72-25-27-74-29-31-76-33-35-78-37-39-80-41-43-82-45-46-83-44-42-81-40-38-79-36-34-77-32-30-75-28-26-73-24-21-64-57(67)17-22-66-59(69)13-14-60(66)70/h9,13-14,49-50,52-56H,6-8,10-12,15-48H2,1-5H3,(H,64,67)(H,65,68)/t50-,52?,53?,54-,55?,56?,62+,63-/m1/s1. The van der Waals surface area contributed by atoms with Crippen molar-refractivity contribution in [2.45, 2.75) is 124 Å². The van der Waals surface area contributed by atoms with E-state index in [0.29, 0.717) is 164 Å². The lowest BCUT2D eigenvalue weighted by Crippen LogP contribution is -2.51. The third-order valence-corrected chi connectivity index (χ3v) is 17.6. The van der Waals surface area contributed by atoms with Crippen molar-refractivity contribution in [2.24, 2.45) is 46.3 Å². The molecule has 0 aromatic heterocycles. The molecule has 482 valence electrons. The molecule has 4 amide bonds. The van der Waals surface area contributed by atoms with Crippen LogP contribution in [0.4, 0.5) is 0 Å². The minimum Gasteiger partial charge on any atom is -0.461 e. The summed E-state index contributed by atoms with van der Waals surface area (Å²) in [5.41, 5.74) is 2.18. The predicted octanol–water partition coefficient (Wildman–Crippen LogP) is 6.08. The fourth-order valence-electron chi connectivity index (χ4n) is 13.1. The third-order valence-electron chi connectivity index (χ3n) is 17.6. The van der Waals surface area contributed by atoms with Crippen molar-refractivity contribution in [3.63, 3.8) is 0 Å². The summed E-state index contributed by atoms with van der Waals surface area (Å²) in [7, 11) is 0. The summed E-state index contributed by atoms with van der Waals surface area (Å²) in [6, 6.07) is 0. The lowest BCUT2D eigenvalue weighted by molar-refractivity contribution is -0.151. The molecule has 2 N–H and O–H groups in total. The van der Waals surface area contributed by atoms with Crippen molar-refractivity contribution in [1.29, 1.82) is 0 Å². The molecule has 0 saturated heterocycles. The van der Waals surface area contributed by atoms with Gasteiger partial charge in [0.05, 0.1) is 159 Å². The number of carbonyl (C=O) groups is 5. The molecule has 0 radical (unpaired) electrons. The Kier molecular flexibility index (Phi) is 35.4. The maximum Gasteiger partial charge on any atom is 0.325 e. The summed E-state index contributed by atoms with van der Waals surface area (Å²) < 4.78 is 72.1. The monoisotopic (exact) mass is 1190 g/mol. The zero-order valence-electron chi connectivity index (χ0n) is 51.9. The first-order valence-electron chi connectivity index (χ1n) is 31.7. The van der Waals surface area contributed by atoms with Gasteiger partial charge in [0, 0.05) is 44.5 Å².